The normalized spacial score (nSPS) is 16.1. The molecule has 0 amide bonds. The number of hydrogen-bond acceptors (Lipinski definition) is 4. The lowest BCUT2D eigenvalue weighted by Crippen LogP contribution is -2.40. The van der Waals surface area contributed by atoms with Crippen LogP contribution in [0.5, 0.6) is 0 Å². The third kappa shape index (κ3) is 3.31. The number of nitrogens with two attached hydrogens (primary N) is 1. The molecule has 4 rings (SSSR count). The van der Waals surface area contributed by atoms with Gasteiger partial charge in [0, 0.05) is 24.2 Å². The first kappa shape index (κ1) is 17.0. The molecule has 0 spiro atoms. The van der Waals surface area contributed by atoms with Crippen LogP contribution in [-0.4, -0.2) is 20.1 Å². The van der Waals surface area contributed by atoms with E-state index in [1.54, 1.807) is 11.3 Å². The molecule has 0 radical (unpaired) electrons. The lowest BCUT2D eigenvalue weighted by atomic mass is 9.83. The SMILES string of the molecule is Cn1c(C#CC2(N)CCCCC2)nc(-c2ccccc2)c1-c1nccs1. The van der Waals surface area contributed by atoms with Gasteiger partial charge in [-0.05, 0) is 18.8 Å². The Morgan fingerprint density at radius 3 is 2.62 bits per heavy atom. The van der Waals surface area contributed by atoms with Gasteiger partial charge in [-0.25, -0.2) is 9.97 Å². The highest BCUT2D eigenvalue weighted by Crippen LogP contribution is 2.33. The molecule has 1 fully saturated rings. The van der Waals surface area contributed by atoms with Crippen molar-refractivity contribution in [3.05, 3.63) is 47.7 Å². The van der Waals surface area contributed by atoms with Crippen LogP contribution in [0.3, 0.4) is 0 Å². The van der Waals surface area contributed by atoms with E-state index in [2.05, 4.69) is 29.0 Å². The fraction of sp³-hybridized carbons (Fsp3) is 0.333. The maximum absolute atomic E-state index is 6.49. The average molecular weight is 363 g/mol. The van der Waals surface area contributed by atoms with Crippen molar-refractivity contribution in [1.29, 1.82) is 0 Å². The predicted molar refractivity (Wildman–Crippen MR) is 107 cm³/mol. The smallest absolute Gasteiger partial charge is 0.186 e. The molecule has 1 aliphatic rings. The first-order chi connectivity index (χ1) is 12.7. The largest absolute Gasteiger partial charge is 0.318 e. The molecule has 132 valence electrons. The molecule has 0 saturated heterocycles. The molecule has 4 nitrogen and oxygen atoms in total. The molecule has 0 atom stereocenters. The van der Waals surface area contributed by atoms with Crippen molar-refractivity contribution < 1.29 is 0 Å². The van der Waals surface area contributed by atoms with E-state index in [0.29, 0.717) is 0 Å². The van der Waals surface area contributed by atoms with E-state index >= 15 is 0 Å². The molecule has 2 N–H and O–H groups in total. The Morgan fingerprint density at radius 1 is 1.15 bits per heavy atom. The lowest BCUT2D eigenvalue weighted by molar-refractivity contribution is 0.370. The van der Waals surface area contributed by atoms with Crippen molar-refractivity contribution in [3.63, 3.8) is 0 Å². The molecule has 3 aromatic rings. The summed E-state index contributed by atoms with van der Waals surface area (Å²) >= 11 is 1.61. The van der Waals surface area contributed by atoms with Crippen LogP contribution < -0.4 is 5.73 Å². The van der Waals surface area contributed by atoms with E-state index in [0.717, 1.165) is 53.5 Å². The van der Waals surface area contributed by atoms with E-state index in [-0.39, 0.29) is 5.54 Å². The molecule has 1 saturated carbocycles. The molecule has 1 aromatic carbocycles. The summed E-state index contributed by atoms with van der Waals surface area (Å²) in [6, 6.07) is 10.2. The predicted octanol–water partition coefficient (Wildman–Crippen LogP) is 4.22. The van der Waals surface area contributed by atoms with E-state index in [9.17, 15) is 0 Å². The Hall–Kier alpha value is -2.42. The van der Waals surface area contributed by atoms with Crippen LogP contribution in [0.4, 0.5) is 0 Å². The zero-order chi connectivity index (χ0) is 18.0. The molecule has 2 aromatic heterocycles. The van der Waals surface area contributed by atoms with Crippen LogP contribution in [0.1, 0.15) is 37.9 Å². The zero-order valence-corrected chi connectivity index (χ0v) is 15.7. The second kappa shape index (κ2) is 7.06. The molecular formula is C21H22N4S. The highest BCUT2D eigenvalue weighted by atomic mass is 32.1. The number of hydrogen-bond donors (Lipinski definition) is 1. The molecule has 26 heavy (non-hydrogen) atoms. The third-order valence-electron chi connectivity index (χ3n) is 4.95. The van der Waals surface area contributed by atoms with E-state index in [4.69, 9.17) is 10.7 Å². The topological polar surface area (TPSA) is 56.7 Å². The van der Waals surface area contributed by atoms with Crippen LogP contribution in [-0.2, 0) is 7.05 Å². The summed E-state index contributed by atoms with van der Waals surface area (Å²) in [7, 11) is 2.00. The Kier molecular flexibility index (Phi) is 4.62. The minimum absolute atomic E-state index is 0.377. The van der Waals surface area contributed by atoms with Gasteiger partial charge in [-0.1, -0.05) is 55.5 Å². The van der Waals surface area contributed by atoms with Crippen molar-refractivity contribution in [2.24, 2.45) is 12.8 Å². The molecule has 5 heteroatoms. The standard InChI is InChI=1S/C21H22N4S/c1-25-17(10-13-21(22)11-6-3-7-12-21)24-18(16-8-4-2-5-9-16)19(25)20-23-14-15-26-20/h2,4-5,8-9,14-15H,3,6-7,11-12,22H2,1H3. The van der Waals surface area contributed by atoms with Crippen LogP contribution in [0.15, 0.2) is 41.9 Å². The monoisotopic (exact) mass is 362 g/mol. The second-order valence-electron chi connectivity index (χ2n) is 6.86. The number of rotatable bonds is 2. The Morgan fingerprint density at radius 2 is 1.92 bits per heavy atom. The van der Waals surface area contributed by atoms with Gasteiger partial charge in [-0.3, -0.25) is 0 Å². The summed E-state index contributed by atoms with van der Waals surface area (Å²) in [5.41, 5.74) is 9.10. The van der Waals surface area contributed by atoms with Gasteiger partial charge in [-0.15, -0.1) is 11.3 Å². The van der Waals surface area contributed by atoms with Gasteiger partial charge in [-0.2, -0.15) is 0 Å². The third-order valence-corrected chi connectivity index (χ3v) is 5.73. The van der Waals surface area contributed by atoms with Crippen LogP contribution in [0.2, 0.25) is 0 Å². The number of benzene rings is 1. The highest BCUT2D eigenvalue weighted by Gasteiger charge is 2.25. The summed E-state index contributed by atoms with van der Waals surface area (Å²) < 4.78 is 2.04. The van der Waals surface area contributed by atoms with E-state index < -0.39 is 0 Å². The maximum atomic E-state index is 6.49. The maximum Gasteiger partial charge on any atom is 0.186 e. The van der Waals surface area contributed by atoms with Crippen molar-refractivity contribution in [2.45, 2.75) is 37.6 Å². The van der Waals surface area contributed by atoms with Gasteiger partial charge >= 0.3 is 0 Å². The Balaban J connectivity index is 1.80. The van der Waals surface area contributed by atoms with Gasteiger partial charge < -0.3 is 10.3 Å². The lowest BCUT2D eigenvalue weighted by Gasteiger charge is -2.27. The van der Waals surface area contributed by atoms with Crippen LogP contribution in [0.25, 0.3) is 22.0 Å². The number of imidazole rings is 1. The number of aromatic nitrogens is 3. The molecule has 0 unspecified atom stereocenters. The minimum atomic E-state index is -0.377. The van der Waals surface area contributed by atoms with Gasteiger partial charge in [0.25, 0.3) is 0 Å². The molecular weight excluding hydrogens is 340 g/mol. The fourth-order valence-electron chi connectivity index (χ4n) is 3.48. The van der Waals surface area contributed by atoms with Gasteiger partial charge in [0.2, 0.25) is 0 Å². The summed E-state index contributed by atoms with van der Waals surface area (Å²) in [5.74, 6) is 7.33. The fourth-order valence-corrected chi connectivity index (χ4v) is 4.20. The molecule has 1 aliphatic carbocycles. The van der Waals surface area contributed by atoms with Crippen molar-refractivity contribution >= 4 is 11.3 Å². The Labute approximate surface area is 158 Å². The number of nitrogens with zero attached hydrogens (tertiary/aromatic N) is 3. The first-order valence-electron chi connectivity index (χ1n) is 9.00. The number of thiazole rings is 1. The summed E-state index contributed by atoms with van der Waals surface area (Å²) in [5, 5.41) is 2.94. The minimum Gasteiger partial charge on any atom is -0.318 e. The van der Waals surface area contributed by atoms with Crippen molar-refractivity contribution in [1.82, 2.24) is 14.5 Å². The first-order valence-corrected chi connectivity index (χ1v) is 9.88. The van der Waals surface area contributed by atoms with E-state index in [1.165, 1.54) is 6.42 Å². The van der Waals surface area contributed by atoms with E-state index in [1.807, 2.05) is 41.4 Å². The molecule has 2 heterocycles. The molecule has 0 bridgehead atoms. The van der Waals surface area contributed by atoms with Crippen molar-refractivity contribution in [2.75, 3.05) is 0 Å². The molecule has 0 aliphatic heterocycles. The van der Waals surface area contributed by atoms with Gasteiger partial charge in [0.1, 0.15) is 16.4 Å². The summed E-state index contributed by atoms with van der Waals surface area (Å²) in [4.78, 5) is 9.35. The van der Waals surface area contributed by atoms with Gasteiger partial charge in [0.05, 0.1) is 5.54 Å². The summed E-state index contributed by atoms with van der Waals surface area (Å²) in [6.45, 7) is 0. The zero-order valence-electron chi connectivity index (χ0n) is 14.9. The van der Waals surface area contributed by atoms with Crippen molar-refractivity contribution in [3.8, 4) is 33.8 Å². The quantitative estimate of drug-likeness (QED) is 0.694. The highest BCUT2D eigenvalue weighted by molar-refractivity contribution is 7.13. The second-order valence-corrected chi connectivity index (χ2v) is 7.76. The Bertz CT molecular complexity index is 939. The summed E-state index contributed by atoms with van der Waals surface area (Å²) in [6.07, 6.45) is 7.33. The van der Waals surface area contributed by atoms with Gasteiger partial charge in [0.15, 0.2) is 5.82 Å². The average Bonchev–Trinajstić information content (AvgIpc) is 3.29. The van der Waals surface area contributed by atoms with Crippen LogP contribution >= 0.6 is 11.3 Å². The van der Waals surface area contributed by atoms with Crippen LogP contribution in [0, 0.1) is 11.8 Å².